The monoisotopic (exact) mass is 352 g/mol. The van der Waals surface area contributed by atoms with Crippen molar-refractivity contribution in [3.63, 3.8) is 0 Å². The number of aliphatic carboxylic acids is 1. The van der Waals surface area contributed by atoms with Crippen molar-refractivity contribution in [2.45, 2.75) is 31.7 Å². The molecule has 7 nitrogen and oxygen atoms in total. The number of amides is 1. The van der Waals surface area contributed by atoms with Crippen LogP contribution in [-0.2, 0) is 21.2 Å². The first kappa shape index (κ1) is 16.8. The summed E-state index contributed by atoms with van der Waals surface area (Å²) in [6, 6.07) is 4.16. The number of sulfonamides is 1. The number of rotatable bonds is 3. The number of fused-ring (bicyclic) bond motifs is 1. The van der Waals surface area contributed by atoms with Crippen LogP contribution in [0, 0.1) is 0 Å². The number of aryl methyl sites for hydroxylation is 1. The molecule has 0 spiro atoms. The quantitative estimate of drug-likeness (QED) is 0.878. The van der Waals surface area contributed by atoms with E-state index in [2.05, 4.69) is 0 Å². The Kier molecular flexibility index (Phi) is 4.25. The molecule has 0 aromatic heterocycles. The van der Waals surface area contributed by atoms with E-state index in [1.54, 1.807) is 18.2 Å². The van der Waals surface area contributed by atoms with E-state index in [4.69, 9.17) is 0 Å². The molecule has 1 saturated heterocycles. The number of anilines is 1. The van der Waals surface area contributed by atoms with Crippen LogP contribution in [0.5, 0.6) is 0 Å². The molecule has 2 heterocycles. The molecule has 24 heavy (non-hydrogen) atoms. The van der Waals surface area contributed by atoms with Crippen molar-refractivity contribution in [3.8, 4) is 0 Å². The largest absolute Gasteiger partial charge is 0.480 e. The van der Waals surface area contributed by atoms with E-state index in [0.717, 1.165) is 5.56 Å². The van der Waals surface area contributed by atoms with Crippen molar-refractivity contribution >= 4 is 27.6 Å². The van der Waals surface area contributed by atoms with E-state index < -0.39 is 22.0 Å². The molecule has 2 aliphatic heterocycles. The van der Waals surface area contributed by atoms with Gasteiger partial charge in [-0.1, -0.05) is 0 Å². The number of carbonyl (C=O) groups is 2. The Balaban J connectivity index is 1.91. The van der Waals surface area contributed by atoms with Crippen molar-refractivity contribution in [2.24, 2.45) is 0 Å². The van der Waals surface area contributed by atoms with Gasteiger partial charge in [-0.3, -0.25) is 9.10 Å². The highest BCUT2D eigenvalue weighted by Crippen LogP contribution is 2.31. The second kappa shape index (κ2) is 6.08. The Morgan fingerprint density at radius 3 is 2.62 bits per heavy atom. The summed E-state index contributed by atoms with van der Waals surface area (Å²) in [4.78, 5) is 25.3. The Labute approximate surface area is 140 Å². The predicted molar refractivity (Wildman–Crippen MR) is 88.6 cm³/mol. The first-order valence-electron chi connectivity index (χ1n) is 7.93. The molecule has 1 aromatic rings. The lowest BCUT2D eigenvalue weighted by atomic mass is 10.00. The van der Waals surface area contributed by atoms with E-state index in [0.29, 0.717) is 50.0 Å². The summed E-state index contributed by atoms with van der Waals surface area (Å²) in [5, 5.41) is 9.23. The molecule has 3 rings (SSSR count). The van der Waals surface area contributed by atoms with Crippen LogP contribution in [0.3, 0.4) is 0 Å². The first-order chi connectivity index (χ1) is 11.3. The second-order valence-corrected chi connectivity index (χ2v) is 8.18. The molecule has 1 N–H and O–H groups in total. The second-order valence-electron chi connectivity index (χ2n) is 6.28. The summed E-state index contributed by atoms with van der Waals surface area (Å²) in [5.74, 6) is -1.29. The first-order valence-corrected chi connectivity index (χ1v) is 9.78. The average molecular weight is 352 g/mol. The third-order valence-corrected chi connectivity index (χ3v) is 5.78. The summed E-state index contributed by atoms with van der Waals surface area (Å²) in [5.41, 5.74) is 1.83. The maximum absolute atomic E-state index is 12.7. The molecular formula is C16H20N2O5S. The molecule has 130 valence electrons. The van der Waals surface area contributed by atoms with Crippen LogP contribution < -0.4 is 4.31 Å². The van der Waals surface area contributed by atoms with Crippen molar-refractivity contribution in [2.75, 3.05) is 23.7 Å². The molecule has 1 amide bonds. The number of carboxylic acids is 1. The molecular weight excluding hydrogens is 332 g/mol. The maximum Gasteiger partial charge on any atom is 0.326 e. The molecule has 0 saturated carbocycles. The fourth-order valence-corrected chi connectivity index (χ4v) is 4.47. The summed E-state index contributed by atoms with van der Waals surface area (Å²) >= 11 is 0. The Bertz CT molecular complexity index is 790. The van der Waals surface area contributed by atoms with Gasteiger partial charge in [0.05, 0.1) is 11.9 Å². The molecule has 2 aliphatic rings. The minimum Gasteiger partial charge on any atom is -0.480 e. The zero-order valence-corrected chi connectivity index (χ0v) is 14.3. The van der Waals surface area contributed by atoms with Gasteiger partial charge in [0.25, 0.3) is 5.91 Å². The van der Waals surface area contributed by atoms with Gasteiger partial charge < -0.3 is 10.0 Å². The number of hydrogen-bond donors (Lipinski definition) is 1. The van der Waals surface area contributed by atoms with Gasteiger partial charge in [0, 0.05) is 18.7 Å². The number of nitrogens with zero attached hydrogens (tertiary/aromatic N) is 2. The van der Waals surface area contributed by atoms with Gasteiger partial charge in [0.1, 0.15) is 6.04 Å². The van der Waals surface area contributed by atoms with Gasteiger partial charge in [0.15, 0.2) is 0 Å². The Morgan fingerprint density at radius 2 is 1.96 bits per heavy atom. The van der Waals surface area contributed by atoms with Gasteiger partial charge in [-0.05, 0) is 49.4 Å². The smallest absolute Gasteiger partial charge is 0.326 e. The fraction of sp³-hybridized carbons (Fsp3) is 0.500. The fourth-order valence-electron chi connectivity index (χ4n) is 3.47. The zero-order valence-electron chi connectivity index (χ0n) is 13.4. The summed E-state index contributed by atoms with van der Waals surface area (Å²) < 4.78 is 25.1. The van der Waals surface area contributed by atoms with Crippen LogP contribution >= 0.6 is 0 Å². The highest BCUT2D eigenvalue weighted by Gasteiger charge is 2.35. The number of carboxylic acid groups (broad SMARTS) is 1. The molecule has 1 atom stereocenters. The van der Waals surface area contributed by atoms with Gasteiger partial charge in [-0.15, -0.1) is 0 Å². The third-order valence-electron chi connectivity index (χ3n) is 4.60. The van der Waals surface area contributed by atoms with Crippen LogP contribution in [0.4, 0.5) is 5.69 Å². The van der Waals surface area contributed by atoms with Gasteiger partial charge in [-0.2, -0.15) is 0 Å². The topological polar surface area (TPSA) is 95.0 Å². The highest BCUT2D eigenvalue weighted by molar-refractivity contribution is 7.92. The third kappa shape index (κ3) is 2.98. The molecule has 0 aliphatic carbocycles. The lowest BCUT2D eigenvalue weighted by Gasteiger charge is -2.30. The minimum atomic E-state index is -3.35. The van der Waals surface area contributed by atoms with E-state index in [1.165, 1.54) is 15.5 Å². The van der Waals surface area contributed by atoms with E-state index >= 15 is 0 Å². The highest BCUT2D eigenvalue weighted by atomic mass is 32.2. The van der Waals surface area contributed by atoms with E-state index in [9.17, 15) is 23.1 Å². The van der Waals surface area contributed by atoms with Crippen molar-refractivity contribution in [3.05, 3.63) is 29.3 Å². The number of benzene rings is 1. The number of carbonyl (C=O) groups excluding carboxylic acids is 1. The van der Waals surface area contributed by atoms with E-state index in [-0.39, 0.29) is 5.91 Å². The lowest BCUT2D eigenvalue weighted by molar-refractivity contribution is -0.141. The van der Waals surface area contributed by atoms with Crippen LogP contribution in [-0.4, -0.2) is 55.7 Å². The van der Waals surface area contributed by atoms with Gasteiger partial charge >= 0.3 is 5.97 Å². The molecule has 0 unspecified atom stereocenters. The summed E-state index contributed by atoms with van der Waals surface area (Å²) in [7, 11) is -3.35. The average Bonchev–Trinajstić information content (AvgIpc) is 3.02. The summed E-state index contributed by atoms with van der Waals surface area (Å²) in [6.45, 7) is 0.870. The number of likely N-dealkylation sites (tertiary alicyclic amines) is 1. The molecule has 0 radical (unpaired) electrons. The molecule has 0 bridgehead atoms. The molecule has 8 heteroatoms. The van der Waals surface area contributed by atoms with Crippen molar-refractivity contribution in [1.29, 1.82) is 0 Å². The maximum atomic E-state index is 12.7. The van der Waals surface area contributed by atoms with Crippen LogP contribution in [0.2, 0.25) is 0 Å². The van der Waals surface area contributed by atoms with Crippen LogP contribution in [0.25, 0.3) is 0 Å². The SMILES string of the molecule is CS(=O)(=O)N1CCCc2cc(C(=O)N3CCC[C@H]3C(=O)O)ccc21. The van der Waals surface area contributed by atoms with Crippen molar-refractivity contribution in [1.82, 2.24) is 4.90 Å². The standard InChI is InChI=1S/C16H20N2O5S/c1-24(22,23)18-9-2-4-11-10-12(6-7-13(11)18)15(19)17-8-3-5-14(17)16(20)21/h6-7,10,14H,2-5,8-9H2,1H3,(H,20,21)/t14-/m0/s1. The van der Waals surface area contributed by atoms with Crippen LogP contribution in [0.15, 0.2) is 18.2 Å². The minimum absolute atomic E-state index is 0.306. The molecule has 1 aromatic carbocycles. The number of hydrogen-bond acceptors (Lipinski definition) is 4. The predicted octanol–water partition coefficient (Wildman–Crippen LogP) is 1.09. The Hall–Kier alpha value is -2.09. The molecule has 1 fully saturated rings. The normalized spacial score (nSPS) is 20.8. The van der Waals surface area contributed by atoms with E-state index in [1.807, 2.05) is 0 Å². The van der Waals surface area contributed by atoms with Crippen molar-refractivity contribution < 1.29 is 23.1 Å². The lowest BCUT2D eigenvalue weighted by Crippen LogP contribution is -2.40. The van der Waals surface area contributed by atoms with Crippen LogP contribution in [0.1, 0.15) is 35.2 Å². The van der Waals surface area contributed by atoms with Gasteiger partial charge in [-0.25, -0.2) is 13.2 Å². The summed E-state index contributed by atoms with van der Waals surface area (Å²) in [6.07, 6.45) is 3.70. The van der Waals surface area contributed by atoms with Gasteiger partial charge in [0.2, 0.25) is 10.0 Å². The zero-order chi connectivity index (χ0) is 17.5. The Morgan fingerprint density at radius 1 is 1.21 bits per heavy atom.